The zero-order valence-electron chi connectivity index (χ0n) is 11.7. The fourth-order valence-corrected chi connectivity index (χ4v) is 2.10. The minimum absolute atomic E-state index is 0.0450. The summed E-state index contributed by atoms with van der Waals surface area (Å²) in [6, 6.07) is 8.03. The smallest absolute Gasteiger partial charge is 0.416 e. The highest BCUT2D eigenvalue weighted by atomic mass is 35.5. The summed E-state index contributed by atoms with van der Waals surface area (Å²) in [7, 11) is 0. The number of benzene rings is 2. The summed E-state index contributed by atoms with van der Waals surface area (Å²) in [5.41, 5.74) is -0.838. The number of nitrogens with zero attached hydrogens (tertiary/aromatic N) is 2. The van der Waals surface area contributed by atoms with E-state index < -0.39 is 22.7 Å². The van der Waals surface area contributed by atoms with E-state index >= 15 is 0 Å². The highest BCUT2D eigenvalue weighted by Gasteiger charge is 2.31. The maximum absolute atomic E-state index is 12.6. The molecule has 0 heterocycles. The van der Waals surface area contributed by atoms with Crippen molar-refractivity contribution < 1.29 is 22.8 Å². The summed E-state index contributed by atoms with van der Waals surface area (Å²) in [4.78, 5) is 10.0. The molecule has 0 radical (unpaired) electrons. The number of nitro groups is 1. The van der Waals surface area contributed by atoms with Gasteiger partial charge in [0.1, 0.15) is 17.6 Å². The first-order chi connectivity index (χ1) is 11.2. The molecule has 2 rings (SSSR count). The van der Waals surface area contributed by atoms with Gasteiger partial charge in [0.15, 0.2) is 0 Å². The van der Waals surface area contributed by atoms with Crippen LogP contribution in [0.4, 0.5) is 13.2 Å². The van der Waals surface area contributed by atoms with E-state index in [1.807, 2.05) is 0 Å². The predicted molar refractivity (Wildman–Crippen MR) is 78.3 cm³/mol. The Labute approximate surface area is 139 Å². The molecule has 124 valence electrons. The van der Waals surface area contributed by atoms with Gasteiger partial charge in [-0.1, -0.05) is 23.7 Å². The van der Waals surface area contributed by atoms with Crippen molar-refractivity contribution in [2.24, 2.45) is 0 Å². The molecule has 1 unspecified atom stereocenters. The zero-order chi connectivity index (χ0) is 17.9. The molecule has 0 aromatic heterocycles. The Kier molecular flexibility index (Phi) is 4.95. The lowest BCUT2D eigenvalue weighted by Gasteiger charge is -2.12. The number of ether oxygens (including phenoxy) is 1. The number of hydrogen-bond acceptors (Lipinski definition) is 4. The lowest BCUT2D eigenvalue weighted by Crippen LogP contribution is -2.07. The van der Waals surface area contributed by atoms with E-state index in [-0.39, 0.29) is 22.1 Å². The molecule has 0 fully saturated rings. The van der Waals surface area contributed by atoms with Crippen LogP contribution in [-0.4, -0.2) is 4.92 Å². The molecule has 0 aliphatic rings. The van der Waals surface area contributed by atoms with Gasteiger partial charge >= 0.3 is 12.2 Å². The number of rotatable bonds is 4. The zero-order valence-corrected chi connectivity index (χ0v) is 12.5. The maximum Gasteiger partial charge on any atom is 0.416 e. The van der Waals surface area contributed by atoms with Gasteiger partial charge in [0.25, 0.3) is 0 Å². The molecule has 0 saturated heterocycles. The monoisotopic (exact) mass is 356 g/mol. The van der Waals surface area contributed by atoms with Crippen molar-refractivity contribution in [1.82, 2.24) is 0 Å². The third-order valence-corrected chi connectivity index (χ3v) is 3.29. The van der Waals surface area contributed by atoms with E-state index in [0.717, 1.165) is 18.2 Å². The summed E-state index contributed by atoms with van der Waals surface area (Å²) in [6.45, 7) is 0. The van der Waals surface area contributed by atoms with Gasteiger partial charge in [-0.2, -0.15) is 18.4 Å². The van der Waals surface area contributed by atoms with Crippen molar-refractivity contribution >= 4 is 11.6 Å². The van der Waals surface area contributed by atoms with E-state index in [9.17, 15) is 23.3 Å². The van der Waals surface area contributed by atoms with Crippen LogP contribution in [0.5, 0.6) is 11.5 Å². The Morgan fingerprint density at radius 3 is 2.50 bits per heavy atom. The topological polar surface area (TPSA) is 76.2 Å². The summed E-state index contributed by atoms with van der Waals surface area (Å²) in [5, 5.41) is 19.4. The first-order valence-electron chi connectivity index (χ1n) is 6.40. The SMILES string of the molecule is N#CC(c1cccc(Oc2ccc(C(F)(F)F)cc2Cl)c1)[N+](=O)[O-]. The molecule has 0 bridgehead atoms. The van der Waals surface area contributed by atoms with Crippen LogP contribution in [0, 0.1) is 21.4 Å². The van der Waals surface area contributed by atoms with E-state index in [2.05, 4.69) is 0 Å². The fourth-order valence-electron chi connectivity index (χ4n) is 1.88. The second-order valence-electron chi connectivity index (χ2n) is 4.63. The molecule has 9 heteroatoms. The van der Waals surface area contributed by atoms with E-state index in [4.69, 9.17) is 21.6 Å². The third kappa shape index (κ3) is 3.94. The number of nitriles is 1. The largest absolute Gasteiger partial charge is 0.456 e. The predicted octanol–water partition coefficient (Wildman–Crippen LogP) is 4.99. The van der Waals surface area contributed by atoms with Crippen molar-refractivity contribution in [3.63, 3.8) is 0 Å². The molecule has 2 aromatic rings. The highest BCUT2D eigenvalue weighted by Crippen LogP contribution is 2.36. The molecular weight excluding hydrogens is 349 g/mol. The van der Waals surface area contributed by atoms with Crippen LogP contribution < -0.4 is 4.74 Å². The van der Waals surface area contributed by atoms with Gasteiger partial charge in [0, 0.05) is 10.5 Å². The molecule has 0 saturated carbocycles. The minimum atomic E-state index is -4.53. The first kappa shape index (κ1) is 17.6. The van der Waals surface area contributed by atoms with Crippen LogP contribution in [-0.2, 0) is 6.18 Å². The van der Waals surface area contributed by atoms with Gasteiger partial charge in [0.2, 0.25) is 0 Å². The number of hydrogen-bond donors (Lipinski definition) is 0. The maximum atomic E-state index is 12.6. The second kappa shape index (κ2) is 6.76. The van der Waals surface area contributed by atoms with Gasteiger partial charge < -0.3 is 4.74 Å². The van der Waals surface area contributed by atoms with E-state index in [1.54, 1.807) is 0 Å². The average molecular weight is 357 g/mol. The van der Waals surface area contributed by atoms with Crippen LogP contribution in [0.1, 0.15) is 17.2 Å². The second-order valence-corrected chi connectivity index (χ2v) is 5.04. The average Bonchev–Trinajstić information content (AvgIpc) is 2.49. The molecule has 1 atom stereocenters. The van der Waals surface area contributed by atoms with Crippen LogP contribution >= 0.6 is 11.6 Å². The fraction of sp³-hybridized carbons (Fsp3) is 0.133. The molecule has 0 spiro atoms. The van der Waals surface area contributed by atoms with Crippen LogP contribution in [0.15, 0.2) is 42.5 Å². The Balaban J connectivity index is 2.29. The molecule has 2 aromatic carbocycles. The van der Waals surface area contributed by atoms with E-state index in [1.165, 1.54) is 30.3 Å². The minimum Gasteiger partial charge on any atom is -0.456 e. The lowest BCUT2D eigenvalue weighted by molar-refractivity contribution is -0.512. The summed E-state index contributed by atoms with van der Waals surface area (Å²) < 4.78 is 43.1. The standard InChI is InChI=1S/C15H8ClF3N2O3/c16-12-7-10(15(17,18)19)4-5-14(12)24-11-3-1-2-9(6-11)13(8-20)21(22)23/h1-7,13H. The van der Waals surface area contributed by atoms with Gasteiger partial charge in [0.05, 0.1) is 10.6 Å². The van der Waals surface area contributed by atoms with Crippen molar-refractivity contribution in [3.05, 3.63) is 68.7 Å². The van der Waals surface area contributed by atoms with Crippen molar-refractivity contribution in [1.29, 1.82) is 5.26 Å². The number of alkyl halides is 3. The van der Waals surface area contributed by atoms with Crippen LogP contribution in [0.3, 0.4) is 0 Å². The Morgan fingerprint density at radius 2 is 1.96 bits per heavy atom. The summed E-state index contributed by atoms with van der Waals surface area (Å²) >= 11 is 5.78. The molecular formula is C15H8ClF3N2O3. The van der Waals surface area contributed by atoms with Crippen LogP contribution in [0.25, 0.3) is 0 Å². The quantitative estimate of drug-likeness (QED) is 0.571. The molecule has 0 N–H and O–H groups in total. The van der Waals surface area contributed by atoms with Crippen molar-refractivity contribution in [3.8, 4) is 17.6 Å². The lowest BCUT2D eigenvalue weighted by atomic mass is 10.1. The van der Waals surface area contributed by atoms with E-state index in [0.29, 0.717) is 0 Å². The summed E-state index contributed by atoms with van der Waals surface area (Å²) in [6.07, 6.45) is -4.53. The first-order valence-corrected chi connectivity index (χ1v) is 6.78. The Bertz CT molecular complexity index is 818. The highest BCUT2D eigenvalue weighted by molar-refractivity contribution is 6.32. The van der Waals surface area contributed by atoms with Gasteiger partial charge in [-0.05, 0) is 30.3 Å². The molecule has 0 amide bonds. The number of halogens is 4. The Morgan fingerprint density at radius 1 is 1.25 bits per heavy atom. The molecule has 0 aliphatic carbocycles. The van der Waals surface area contributed by atoms with Gasteiger partial charge in [-0.15, -0.1) is 0 Å². The molecule has 24 heavy (non-hydrogen) atoms. The summed E-state index contributed by atoms with van der Waals surface area (Å²) in [5.74, 6) is 0.0627. The van der Waals surface area contributed by atoms with Gasteiger partial charge in [-0.25, -0.2) is 0 Å². The molecule has 0 aliphatic heterocycles. The van der Waals surface area contributed by atoms with Crippen LogP contribution in [0.2, 0.25) is 5.02 Å². The van der Waals surface area contributed by atoms with Crippen molar-refractivity contribution in [2.45, 2.75) is 12.2 Å². The normalized spacial score (nSPS) is 12.3. The Hall–Kier alpha value is -2.79. The van der Waals surface area contributed by atoms with Gasteiger partial charge in [-0.3, -0.25) is 10.1 Å². The third-order valence-electron chi connectivity index (χ3n) is 2.99. The molecule has 5 nitrogen and oxygen atoms in total. The van der Waals surface area contributed by atoms with Crippen molar-refractivity contribution in [2.75, 3.05) is 0 Å².